The van der Waals surface area contributed by atoms with Gasteiger partial charge in [-0.1, -0.05) is 45.7 Å². The first-order valence-corrected chi connectivity index (χ1v) is 16.7. The minimum atomic E-state index is -0.196. The zero-order chi connectivity index (χ0) is 31.1. The maximum atomic E-state index is 14.5. The van der Waals surface area contributed by atoms with Crippen LogP contribution in [0.3, 0.4) is 0 Å². The molecule has 5 heterocycles. The Bertz CT molecular complexity index is 1750. The van der Waals surface area contributed by atoms with Gasteiger partial charge in [0.2, 0.25) is 0 Å². The van der Waals surface area contributed by atoms with E-state index in [2.05, 4.69) is 43.8 Å². The molecule has 4 aliphatic heterocycles. The lowest BCUT2D eigenvalue weighted by molar-refractivity contribution is 0.245. The molecular formula is C37H42N6O2. The summed E-state index contributed by atoms with van der Waals surface area (Å²) in [6.07, 6.45) is 12.2. The SMILES string of the molecule is C#Cc1cccc2cc(O)cc(N3CCC4C(C5C6C7CCC(C[C@H]56)N7)=NC(=O)N(c5c(C(C)C)ncnc5C(C)C)C4C3)c12. The molecule has 5 aliphatic rings. The lowest BCUT2D eigenvalue weighted by Crippen LogP contribution is -2.60. The average Bonchev–Trinajstić information content (AvgIpc) is 3.62. The number of nitrogens with zero attached hydrogens (tertiary/aromatic N) is 5. The standard InChI is InChI=1S/C37H42N6O2/c1-6-21-8-7-9-22-14-24(44)16-28(30(21)22)42-13-12-25-29(17-42)43(36-33(19(2)3)38-18-39-34(36)20(4)5)37(45)41-35(25)32-26-15-23-10-11-27(40-23)31(26)32/h1,7-9,14,16,18-20,23,25-27,29,31-32,40,44H,10-13,15,17H2,2-5H3/t23?,25?,26-,27?,29?,31?,32?/m0/s1. The third kappa shape index (κ3) is 4.46. The number of amides is 2. The number of aromatic hydroxyl groups is 1. The first-order valence-electron chi connectivity index (χ1n) is 16.7. The zero-order valence-corrected chi connectivity index (χ0v) is 26.6. The Morgan fingerprint density at radius 3 is 2.58 bits per heavy atom. The van der Waals surface area contributed by atoms with E-state index in [1.165, 1.54) is 19.3 Å². The molecule has 2 aromatic carbocycles. The number of rotatable bonds is 5. The Morgan fingerprint density at radius 1 is 1.07 bits per heavy atom. The Hall–Kier alpha value is -3.96. The number of fused-ring (bicyclic) bond motifs is 6. The minimum Gasteiger partial charge on any atom is -0.508 e. The van der Waals surface area contributed by atoms with Gasteiger partial charge in [-0.2, -0.15) is 0 Å². The van der Waals surface area contributed by atoms with Crippen molar-refractivity contribution in [2.24, 2.45) is 28.7 Å². The number of nitrogens with one attached hydrogen (secondary N) is 1. The lowest BCUT2D eigenvalue weighted by atomic mass is 9.80. The topological polar surface area (TPSA) is 94.0 Å². The van der Waals surface area contributed by atoms with Gasteiger partial charge in [-0.3, -0.25) is 4.90 Å². The summed E-state index contributed by atoms with van der Waals surface area (Å²) in [5.41, 5.74) is 5.43. The van der Waals surface area contributed by atoms with Crippen LogP contribution < -0.4 is 15.1 Å². The first kappa shape index (κ1) is 28.5. The number of aliphatic imine (C=N–C) groups is 1. The van der Waals surface area contributed by atoms with Gasteiger partial charge in [-0.15, -0.1) is 6.42 Å². The molecule has 2 amide bonds. The van der Waals surface area contributed by atoms with Crippen LogP contribution in [-0.4, -0.2) is 58.0 Å². The largest absolute Gasteiger partial charge is 0.508 e. The molecule has 7 atom stereocenters. The molecule has 2 bridgehead atoms. The maximum absolute atomic E-state index is 14.5. The molecule has 4 fully saturated rings. The average molecular weight is 603 g/mol. The molecule has 6 unspecified atom stereocenters. The number of hydrogen-bond donors (Lipinski definition) is 2. The van der Waals surface area contributed by atoms with Gasteiger partial charge in [0, 0.05) is 65.4 Å². The molecule has 1 aromatic heterocycles. The van der Waals surface area contributed by atoms with Crippen molar-refractivity contribution < 1.29 is 9.90 Å². The molecule has 45 heavy (non-hydrogen) atoms. The molecule has 3 aromatic rings. The summed E-state index contributed by atoms with van der Waals surface area (Å²) >= 11 is 0. The monoisotopic (exact) mass is 602 g/mol. The normalized spacial score (nSPS) is 30.4. The van der Waals surface area contributed by atoms with Crippen molar-refractivity contribution in [3.63, 3.8) is 0 Å². The Labute approximate surface area is 265 Å². The van der Waals surface area contributed by atoms with Crippen LogP contribution in [0.4, 0.5) is 16.2 Å². The number of benzene rings is 2. The highest BCUT2D eigenvalue weighted by molar-refractivity contribution is 6.10. The third-order valence-corrected chi connectivity index (χ3v) is 11.2. The van der Waals surface area contributed by atoms with Crippen molar-refractivity contribution in [3.05, 3.63) is 53.6 Å². The number of piperidine rings is 2. The fourth-order valence-electron chi connectivity index (χ4n) is 9.32. The fourth-order valence-corrected chi connectivity index (χ4v) is 9.32. The summed E-state index contributed by atoms with van der Waals surface area (Å²) < 4.78 is 0. The predicted octanol–water partition coefficient (Wildman–Crippen LogP) is 6.23. The van der Waals surface area contributed by atoms with E-state index in [9.17, 15) is 9.90 Å². The second-order valence-electron chi connectivity index (χ2n) is 14.5. The Kier molecular flexibility index (Phi) is 6.69. The zero-order valence-electron chi connectivity index (χ0n) is 26.6. The van der Waals surface area contributed by atoms with E-state index in [0.717, 1.165) is 57.8 Å². The highest BCUT2D eigenvalue weighted by atomic mass is 16.3. The number of phenols is 1. The quantitative estimate of drug-likeness (QED) is 0.337. The number of terminal acetylenes is 1. The van der Waals surface area contributed by atoms with E-state index in [1.54, 1.807) is 12.4 Å². The van der Waals surface area contributed by atoms with Gasteiger partial charge >= 0.3 is 6.03 Å². The van der Waals surface area contributed by atoms with Gasteiger partial charge in [0.05, 0.1) is 23.1 Å². The molecule has 8 rings (SSSR count). The van der Waals surface area contributed by atoms with E-state index in [4.69, 9.17) is 21.4 Å². The summed E-state index contributed by atoms with van der Waals surface area (Å²) in [7, 11) is 0. The third-order valence-electron chi connectivity index (χ3n) is 11.2. The molecule has 0 radical (unpaired) electrons. The van der Waals surface area contributed by atoms with Crippen LogP contribution in [-0.2, 0) is 0 Å². The lowest BCUT2D eigenvalue weighted by Gasteiger charge is -2.48. The first-order chi connectivity index (χ1) is 21.7. The number of phenolic OH excluding ortho intramolecular Hbond substituents is 1. The number of anilines is 2. The van der Waals surface area contributed by atoms with Crippen LogP contribution in [0.2, 0.25) is 0 Å². The van der Waals surface area contributed by atoms with E-state index in [1.807, 2.05) is 29.2 Å². The van der Waals surface area contributed by atoms with Gasteiger partial charge in [0.25, 0.3) is 0 Å². The highest BCUT2D eigenvalue weighted by Gasteiger charge is 2.63. The van der Waals surface area contributed by atoms with Crippen LogP contribution in [0.25, 0.3) is 10.8 Å². The molecule has 232 valence electrons. The van der Waals surface area contributed by atoms with E-state index in [0.29, 0.717) is 36.4 Å². The smallest absolute Gasteiger partial charge is 0.348 e. The predicted molar refractivity (Wildman–Crippen MR) is 178 cm³/mol. The molecular weight excluding hydrogens is 560 g/mol. The summed E-state index contributed by atoms with van der Waals surface area (Å²) in [5, 5.41) is 16.5. The molecule has 2 N–H and O–H groups in total. The van der Waals surface area contributed by atoms with Gasteiger partial charge in [0.1, 0.15) is 12.1 Å². The molecule has 1 aliphatic carbocycles. The van der Waals surface area contributed by atoms with Crippen LogP contribution in [0.5, 0.6) is 5.75 Å². The molecule has 8 heteroatoms. The minimum absolute atomic E-state index is 0.109. The summed E-state index contributed by atoms with van der Waals surface area (Å²) in [6.45, 7) is 9.89. The number of carbonyl (C=O) groups excluding carboxylic acids is 1. The fraction of sp³-hybridized carbons (Fsp3) is 0.514. The van der Waals surface area contributed by atoms with Gasteiger partial charge in [-0.05, 0) is 66.9 Å². The summed E-state index contributed by atoms with van der Waals surface area (Å²) in [4.78, 5) is 33.3. The van der Waals surface area contributed by atoms with Crippen molar-refractivity contribution >= 4 is 33.9 Å². The van der Waals surface area contributed by atoms with E-state index in [-0.39, 0.29) is 35.6 Å². The van der Waals surface area contributed by atoms with Crippen molar-refractivity contribution in [3.8, 4) is 18.1 Å². The van der Waals surface area contributed by atoms with Crippen LogP contribution in [0.1, 0.15) is 82.2 Å². The number of carbonyl (C=O) groups is 1. The van der Waals surface area contributed by atoms with Gasteiger partial charge < -0.3 is 15.3 Å². The second kappa shape index (κ2) is 10.6. The van der Waals surface area contributed by atoms with Gasteiger partial charge in [0.15, 0.2) is 0 Å². The molecule has 1 saturated carbocycles. The van der Waals surface area contributed by atoms with Crippen LogP contribution in [0.15, 0.2) is 41.7 Å². The van der Waals surface area contributed by atoms with Crippen LogP contribution in [0, 0.1) is 36.0 Å². The molecule has 3 saturated heterocycles. The molecule has 8 nitrogen and oxygen atoms in total. The van der Waals surface area contributed by atoms with E-state index >= 15 is 0 Å². The second-order valence-corrected chi connectivity index (χ2v) is 14.5. The Balaban J connectivity index is 1.26. The van der Waals surface area contributed by atoms with Crippen molar-refractivity contribution in [2.45, 2.75) is 83.3 Å². The summed E-state index contributed by atoms with van der Waals surface area (Å²) in [6, 6.07) is 10.3. The van der Waals surface area contributed by atoms with Crippen molar-refractivity contribution in [1.82, 2.24) is 15.3 Å². The number of aromatic nitrogens is 2. The van der Waals surface area contributed by atoms with E-state index < -0.39 is 0 Å². The number of hydrogen-bond acceptors (Lipinski definition) is 6. The van der Waals surface area contributed by atoms with Crippen molar-refractivity contribution in [2.75, 3.05) is 22.9 Å². The van der Waals surface area contributed by atoms with Crippen molar-refractivity contribution in [1.29, 1.82) is 0 Å². The van der Waals surface area contributed by atoms with Crippen LogP contribution >= 0.6 is 0 Å². The number of urea groups is 1. The van der Waals surface area contributed by atoms with Gasteiger partial charge in [-0.25, -0.2) is 19.8 Å². The molecule has 0 spiro atoms. The summed E-state index contributed by atoms with van der Waals surface area (Å²) in [5.74, 6) is 5.03. The Morgan fingerprint density at radius 2 is 1.84 bits per heavy atom. The maximum Gasteiger partial charge on any atom is 0.348 e. The highest BCUT2D eigenvalue weighted by Crippen LogP contribution is 2.60.